The third-order valence-corrected chi connectivity index (χ3v) is 5.57. The molecule has 20 heavy (non-hydrogen) atoms. The molecule has 108 valence electrons. The van der Waals surface area contributed by atoms with Crippen molar-refractivity contribution in [1.82, 2.24) is 0 Å². The molecule has 3 fully saturated rings. The number of fused-ring (bicyclic) bond motifs is 3. The normalized spacial score (nSPS) is 32.0. The average molecular weight is 272 g/mol. The molecule has 3 aliphatic carbocycles. The van der Waals surface area contributed by atoms with Gasteiger partial charge in [-0.2, -0.15) is 0 Å². The molecule has 0 aromatic heterocycles. The van der Waals surface area contributed by atoms with Crippen LogP contribution in [0.15, 0.2) is 30.3 Å². The van der Waals surface area contributed by atoms with Crippen molar-refractivity contribution in [3.63, 3.8) is 0 Å². The van der Waals surface area contributed by atoms with Crippen LogP contribution in [0.2, 0.25) is 0 Å². The topological polar surface area (TPSA) is 26.3 Å². The predicted molar refractivity (Wildman–Crippen MR) is 79.6 cm³/mol. The summed E-state index contributed by atoms with van der Waals surface area (Å²) in [5, 5.41) is 0. The number of para-hydroxylation sites is 1. The molecule has 2 heteroatoms. The fourth-order valence-corrected chi connectivity index (χ4v) is 4.18. The first-order chi connectivity index (χ1) is 9.68. The summed E-state index contributed by atoms with van der Waals surface area (Å²) in [5.41, 5.74) is 0.356. The van der Waals surface area contributed by atoms with Crippen molar-refractivity contribution in [2.45, 2.75) is 58.3 Å². The van der Waals surface area contributed by atoms with Gasteiger partial charge in [-0.3, -0.25) is 4.79 Å². The second kappa shape index (κ2) is 5.23. The Labute approximate surface area is 121 Å². The molecule has 2 bridgehead atoms. The van der Waals surface area contributed by atoms with Crippen LogP contribution in [0.1, 0.15) is 58.3 Å². The van der Waals surface area contributed by atoms with Crippen LogP contribution in [-0.2, 0) is 4.79 Å². The highest BCUT2D eigenvalue weighted by Gasteiger charge is 2.52. The highest BCUT2D eigenvalue weighted by molar-refractivity contribution is 5.79. The van der Waals surface area contributed by atoms with Gasteiger partial charge in [0.05, 0.1) is 5.41 Å². The standard InChI is InChI=1S/C18H24O2/c1-2-8-17-9-12-18(13-10-17,14-11-17)16(19)20-15-6-4-3-5-7-15/h3-7H,2,8-14H2,1H3. The van der Waals surface area contributed by atoms with Gasteiger partial charge in [-0.1, -0.05) is 31.5 Å². The second-order valence-electron chi connectivity index (χ2n) is 6.73. The molecule has 0 amide bonds. The van der Waals surface area contributed by atoms with Crippen molar-refractivity contribution >= 4 is 5.97 Å². The summed E-state index contributed by atoms with van der Waals surface area (Å²) in [4.78, 5) is 12.6. The summed E-state index contributed by atoms with van der Waals surface area (Å²) in [5.74, 6) is 0.691. The molecule has 1 aromatic carbocycles. The van der Waals surface area contributed by atoms with Crippen molar-refractivity contribution in [3.05, 3.63) is 30.3 Å². The Kier molecular flexibility index (Phi) is 3.57. The van der Waals surface area contributed by atoms with E-state index in [4.69, 9.17) is 4.74 Å². The molecule has 0 heterocycles. The zero-order chi connectivity index (χ0) is 14.1. The van der Waals surface area contributed by atoms with Gasteiger partial charge in [0.15, 0.2) is 0 Å². The average Bonchev–Trinajstić information content (AvgIpc) is 2.50. The molecule has 0 radical (unpaired) electrons. The number of esters is 1. The summed E-state index contributed by atoms with van der Waals surface area (Å²) in [6.07, 6.45) is 9.31. The molecular weight excluding hydrogens is 248 g/mol. The summed E-state index contributed by atoms with van der Waals surface area (Å²) >= 11 is 0. The molecule has 0 spiro atoms. The second-order valence-corrected chi connectivity index (χ2v) is 6.73. The van der Waals surface area contributed by atoms with E-state index in [0.717, 1.165) is 19.3 Å². The SMILES string of the molecule is CCCC12CCC(C(=O)Oc3ccccc3)(CC1)CC2. The van der Waals surface area contributed by atoms with Gasteiger partial charge >= 0.3 is 5.97 Å². The highest BCUT2D eigenvalue weighted by Crippen LogP contribution is 2.59. The van der Waals surface area contributed by atoms with Crippen molar-refractivity contribution in [2.75, 3.05) is 0 Å². The molecule has 0 N–H and O–H groups in total. The summed E-state index contributed by atoms with van der Waals surface area (Å²) < 4.78 is 5.63. The number of ether oxygens (including phenoxy) is 1. The zero-order valence-electron chi connectivity index (χ0n) is 12.4. The Hall–Kier alpha value is -1.31. The number of carbonyl (C=O) groups excluding carboxylic acids is 1. The first kappa shape index (κ1) is 13.7. The molecule has 3 aliphatic rings. The van der Waals surface area contributed by atoms with E-state index in [1.807, 2.05) is 30.3 Å². The molecule has 4 rings (SSSR count). The maximum Gasteiger partial charge on any atom is 0.317 e. The number of hydrogen-bond donors (Lipinski definition) is 0. The number of benzene rings is 1. The highest BCUT2D eigenvalue weighted by atomic mass is 16.5. The van der Waals surface area contributed by atoms with E-state index in [1.54, 1.807) is 0 Å². The Balaban J connectivity index is 1.68. The van der Waals surface area contributed by atoms with Crippen molar-refractivity contribution in [3.8, 4) is 5.75 Å². The number of carbonyl (C=O) groups is 1. The fourth-order valence-electron chi connectivity index (χ4n) is 4.18. The van der Waals surface area contributed by atoms with E-state index in [1.165, 1.54) is 32.1 Å². The number of hydrogen-bond acceptors (Lipinski definition) is 2. The van der Waals surface area contributed by atoms with Gasteiger partial charge in [-0.05, 0) is 62.5 Å². The van der Waals surface area contributed by atoms with Gasteiger partial charge in [0.2, 0.25) is 0 Å². The van der Waals surface area contributed by atoms with Crippen molar-refractivity contribution < 1.29 is 9.53 Å². The summed E-state index contributed by atoms with van der Waals surface area (Å²) in [6, 6.07) is 9.49. The minimum Gasteiger partial charge on any atom is -0.426 e. The van der Waals surface area contributed by atoms with Crippen LogP contribution >= 0.6 is 0 Å². The van der Waals surface area contributed by atoms with Crippen LogP contribution in [0.5, 0.6) is 5.75 Å². The molecule has 2 nitrogen and oxygen atoms in total. The smallest absolute Gasteiger partial charge is 0.317 e. The van der Waals surface area contributed by atoms with E-state index in [-0.39, 0.29) is 11.4 Å². The van der Waals surface area contributed by atoms with Gasteiger partial charge in [0.25, 0.3) is 0 Å². The van der Waals surface area contributed by atoms with Crippen LogP contribution in [0.25, 0.3) is 0 Å². The van der Waals surface area contributed by atoms with E-state index < -0.39 is 0 Å². The van der Waals surface area contributed by atoms with Crippen LogP contribution < -0.4 is 4.74 Å². The van der Waals surface area contributed by atoms with Crippen molar-refractivity contribution in [1.29, 1.82) is 0 Å². The Morgan fingerprint density at radius 1 is 1.05 bits per heavy atom. The van der Waals surface area contributed by atoms with E-state index in [0.29, 0.717) is 11.2 Å². The predicted octanol–water partition coefficient (Wildman–Crippen LogP) is 4.73. The van der Waals surface area contributed by atoms with E-state index in [9.17, 15) is 4.79 Å². The first-order valence-electron chi connectivity index (χ1n) is 7.96. The van der Waals surface area contributed by atoms with Gasteiger partial charge in [-0.15, -0.1) is 0 Å². The van der Waals surface area contributed by atoms with E-state index >= 15 is 0 Å². The lowest BCUT2D eigenvalue weighted by atomic mass is 9.52. The van der Waals surface area contributed by atoms with Crippen LogP contribution in [0.3, 0.4) is 0 Å². The summed E-state index contributed by atoms with van der Waals surface area (Å²) in [6.45, 7) is 2.27. The molecule has 3 saturated carbocycles. The molecule has 0 atom stereocenters. The lowest BCUT2D eigenvalue weighted by Crippen LogP contribution is -2.47. The molecule has 0 aliphatic heterocycles. The zero-order valence-corrected chi connectivity index (χ0v) is 12.4. The lowest BCUT2D eigenvalue weighted by molar-refractivity contribution is -0.156. The summed E-state index contributed by atoms with van der Waals surface area (Å²) in [7, 11) is 0. The lowest BCUT2D eigenvalue weighted by Gasteiger charge is -2.52. The van der Waals surface area contributed by atoms with Gasteiger partial charge in [0.1, 0.15) is 5.75 Å². The van der Waals surface area contributed by atoms with Crippen molar-refractivity contribution in [2.24, 2.45) is 10.8 Å². The van der Waals surface area contributed by atoms with Crippen LogP contribution in [-0.4, -0.2) is 5.97 Å². The molecular formula is C18H24O2. The quantitative estimate of drug-likeness (QED) is 0.585. The maximum absolute atomic E-state index is 12.6. The molecule has 0 saturated heterocycles. The number of rotatable bonds is 4. The van der Waals surface area contributed by atoms with Gasteiger partial charge in [0, 0.05) is 0 Å². The fraction of sp³-hybridized carbons (Fsp3) is 0.611. The van der Waals surface area contributed by atoms with Gasteiger partial charge in [-0.25, -0.2) is 0 Å². The molecule has 1 aromatic rings. The monoisotopic (exact) mass is 272 g/mol. The van der Waals surface area contributed by atoms with E-state index in [2.05, 4.69) is 6.92 Å². The largest absolute Gasteiger partial charge is 0.426 e. The minimum atomic E-state index is -0.189. The first-order valence-corrected chi connectivity index (χ1v) is 7.96. The Bertz CT molecular complexity index is 453. The Morgan fingerprint density at radius 2 is 1.65 bits per heavy atom. The molecule has 0 unspecified atom stereocenters. The maximum atomic E-state index is 12.6. The third kappa shape index (κ3) is 2.36. The minimum absolute atomic E-state index is 0.00787. The third-order valence-electron chi connectivity index (χ3n) is 5.57. The van der Waals surface area contributed by atoms with Gasteiger partial charge < -0.3 is 4.74 Å². The Morgan fingerprint density at radius 3 is 2.20 bits per heavy atom. The van der Waals surface area contributed by atoms with Crippen LogP contribution in [0.4, 0.5) is 0 Å². The van der Waals surface area contributed by atoms with Crippen LogP contribution in [0, 0.1) is 10.8 Å².